The normalized spacial score (nSPS) is 26.9. The monoisotopic (exact) mass is 310 g/mol. The SMILES string of the molecule is CC.CC.CC1CCCOC1.CCC1COCC(F)(F)C1. The van der Waals surface area contributed by atoms with Crippen LogP contribution in [-0.4, -0.2) is 32.4 Å². The zero-order chi connectivity index (χ0) is 16.7. The molecule has 0 bridgehead atoms. The van der Waals surface area contributed by atoms with Gasteiger partial charge >= 0.3 is 0 Å². The Balaban J connectivity index is 0. The molecule has 2 rings (SSSR count). The summed E-state index contributed by atoms with van der Waals surface area (Å²) in [4.78, 5) is 0. The van der Waals surface area contributed by atoms with Crippen molar-refractivity contribution in [2.24, 2.45) is 11.8 Å². The molecule has 0 aromatic carbocycles. The van der Waals surface area contributed by atoms with E-state index in [0.29, 0.717) is 6.61 Å². The lowest BCUT2D eigenvalue weighted by Crippen LogP contribution is -2.34. The van der Waals surface area contributed by atoms with Gasteiger partial charge in [0.05, 0.1) is 0 Å². The molecule has 2 aliphatic heterocycles. The first kappa shape index (κ1) is 23.1. The van der Waals surface area contributed by atoms with Crippen molar-refractivity contribution in [2.75, 3.05) is 26.4 Å². The Hall–Kier alpha value is -0.220. The predicted molar refractivity (Wildman–Crippen MR) is 86.1 cm³/mol. The lowest BCUT2D eigenvalue weighted by Gasteiger charge is -2.27. The van der Waals surface area contributed by atoms with E-state index in [0.717, 1.165) is 25.6 Å². The van der Waals surface area contributed by atoms with Gasteiger partial charge in [-0.15, -0.1) is 0 Å². The topological polar surface area (TPSA) is 18.5 Å². The zero-order valence-corrected chi connectivity index (χ0v) is 14.9. The van der Waals surface area contributed by atoms with E-state index >= 15 is 0 Å². The van der Waals surface area contributed by atoms with Crippen molar-refractivity contribution in [1.29, 1.82) is 0 Å². The van der Waals surface area contributed by atoms with Crippen LogP contribution < -0.4 is 0 Å². The smallest absolute Gasteiger partial charge is 0.271 e. The summed E-state index contributed by atoms with van der Waals surface area (Å²) in [6, 6.07) is 0. The molecule has 0 radical (unpaired) electrons. The van der Waals surface area contributed by atoms with Crippen molar-refractivity contribution in [3.63, 3.8) is 0 Å². The van der Waals surface area contributed by atoms with E-state index in [4.69, 9.17) is 9.47 Å². The fourth-order valence-corrected chi connectivity index (χ4v) is 2.08. The average Bonchev–Trinajstić information content (AvgIpc) is 2.52. The molecule has 2 aliphatic rings. The maximum atomic E-state index is 12.5. The van der Waals surface area contributed by atoms with Crippen LogP contribution in [0.25, 0.3) is 0 Å². The molecule has 2 unspecified atom stereocenters. The summed E-state index contributed by atoms with van der Waals surface area (Å²) in [5.74, 6) is -1.70. The third-order valence-electron chi connectivity index (χ3n) is 3.22. The van der Waals surface area contributed by atoms with Gasteiger partial charge in [0, 0.05) is 26.2 Å². The van der Waals surface area contributed by atoms with Crippen molar-refractivity contribution in [3.05, 3.63) is 0 Å². The number of hydrogen-bond donors (Lipinski definition) is 0. The van der Waals surface area contributed by atoms with Gasteiger partial charge in [0.2, 0.25) is 0 Å². The summed E-state index contributed by atoms with van der Waals surface area (Å²) in [6.07, 6.45) is 3.42. The summed E-state index contributed by atoms with van der Waals surface area (Å²) in [5, 5.41) is 0. The van der Waals surface area contributed by atoms with Crippen LogP contribution in [0.2, 0.25) is 0 Å². The largest absolute Gasteiger partial charge is 0.381 e. The lowest BCUT2D eigenvalue weighted by molar-refractivity contribution is -0.136. The number of hydrogen-bond acceptors (Lipinski definition) is 2. The predicted octanol–water partition coefficient (Wildman–Crippen LogP) is 5.55. The molecule has 0 N–H and O–H groups in total. The maximum absolute atomic E-state index is 12.5. The van der Waals surface area contributed by atoms with E-state index in [1.54, 1.807) is 0 Å². The second-order valence-electron chi connectivity index (χ2n) is 5.17. The van der Waals surface area contributed by atoms with Gasteiger partial charge in [-0.1, -0.05) is 48.0 Å². The van der Waals surface area contributed by atoms with Crippen molar-refractivity contribution >= 4 is 0 Å². The molecule has 2 nitrogen and oxygen atoms in total. The van der Waals surface area contributed by atoms with Crippen molar-refractivity contribution in [1.82, 2.24) is 0 Å². The summed E-state index contributed by atoms with van der Waals surface area (Å²) in [6.45, 7) is 14.2. The van der Waals surface area contributed by atoms with Crippen molar-refractivity contribution < 1.29 is 18.3 Å². The quantitative estimate of drug-likeness (QED) is 0.632. The molecule has 0 aliphatic carbocycles. The highest BCUT2D eigenvalue weighted by atomic mass is 19.3. The molecule has 0 spiro atoms. The number of rotatable bonds is 1. The van der Waals surface area contributed by atoms with Crippen molar-refractivity contribution in [3.8, 4) is 0 Å². The van der Waals surface area contributed by atoms with Crippen LogP contribution in [-0.2, 0) is 9.47 Å². The van der Waals surface area contributed by atoms with Gasteiger partial charge in [-0.25, -0.2) is 8.78 Å². The third kappa shape index (κ3) is 13.2. The van der Waals surface area contributed by atoms with Crippen LogP contribution in [0, 0.1) is 11.8 Å². The highest BCUT2D eigenvalue weighted by molar-refractivity contribution is 4.75. The Morgan fingerprint density at radius 3 is 1.95 bits per heavy atom. The van der Waals surface area contributed by atoms with E-state index in [1.807, 2.05) is 34.6 Å². The Labute approximate surface area is 130 Å². The summed E-state index contributed by atoms with van der Waals surface area (Å²) >= 11 is 0. The second kappa shape index (κ2) is 14.7. The van der Waals surface area contributed by atoms with Crippen LogP contribution in [0.4, 0.5) is 8.78 Å². The van der Waals surface area contributed by atoms with Crippen LogP contribution in [0.5, 0.6) is 0 Å². The highest BCUT2D eigenvalue weighted by Gasteiger charge is 2.36. The van der Waals surface area contributed by atoms with Crippen LogP contribution in [0.1, 0.15) is 67.2 Å². The second-order valence-corrected chi connectivity index (χ2v) is 5.17. The molecular formula is C17H36F2O2. The average molecular weight is 310 g/mol. The van der Waals surface area contributed by atoms with E-state index in [-0.39, 0.29) is 18.9 Å². The van der Waals surface area contributed by atoms with E-state index in [2.05, 4.69) is 6.92 Å². The Kier molecular flexibility index (Phi) is 16.1. The molecule has 130 valence electrons. The first-order chi connectivity index (χ1) is 10.0. The summed E-state index contributed by atoms with van der Waals surface area (Å²) in [7, 11) is 0. The summed E-state index contributed by atoms with van der Waals surface area (Å²) < 4.78 is 35.0. The third-order valence-corrected chi connectivity index (χ3v) is 3.22. The van der Waals surface area contributed by atoms with Crippen LogP contribution in [0.3, 0.4) is 0 Å². The number of halogens is 2. The number of alkyl halides is 2. The fourth-order valence-electron chi connectivity index (χ4n) is 2.08. The molecule has 2 atom stereocenters. The van der Waals surface area contributed by atoms with Gasteiger partial charge in [0.15, 0.2) is 0 Å². The molecule has 2 saturated heterocycles. The van der Waals surface area contributed by atoms with Gasteiger partial charge in [0.25, 0.3) is 5.92 Å². The molecule has 4 heteroatoms. The Morgan fingerprint density at radius 1 is 1.05 bits per heavy atom. The first-order valence-corrected chi connectivity index (χ1v) is 8.57. The van der Waals surface area contributed by atoms with Gasteiger partial charge in [-0.05, 0) is 24.7 Å². The molecule has 0 amide bonds. The molecule has 0 saturated carbocycles. The minimum atomic E-state index is -2.57. The molecule has 2 heterocycles. The van der Waals surface area contributed by atoms with Crippen molar-refractivity contribution in [2.45, 2.75) is 73.1 Å². The first-order valence-electron chi connectivity index (χ1n) is 8.57. The fraction of sp³-hybridized carbons (Fsp3) is 1.00. The summed E-state index contributed by atoms with van der Waals surface area (Å²) in [5.41, 5.74) is 0. The van der Waals surface area contributed by atoms with E-state index < -0.39 is 5.92 Å². The molecular weight excluding hydrogens is 274 g/mol. The van der Waals surface area contributed by atoms with Gasteiger partial charge in [-0.3, -0.25) is 0 Å². The Morgan fingerprint density at radius 2 is 1.67 bits per heavy atom. The Bertz CT molecular complexity index is 205. The number of ether oxygens (including phenoxy) is 2. The van der Waals surface area contributed by atoms with Gasteiger partial charge in [-0.2, -0.15) is 0 Å². The minimum Gasteiger partial charge on any atom is -0.381 e. The molecule has 0 aromatic heterocycles. The van der Waals surface area contributed by atoms with E-state index in [1.165, 1.54) is 12.8 Å². The van der Waals surface area contributed by atoms with Gasteiger partial charge < -0.3 is 9.47 Å². The zero-order valence-electron chi connectivity index (χ0n) is 14.9. The minimum absolute atomic E-state index is 0.00347. The van der Waals surface area contributed by atoms with Crippen LogP contribution in [0.15, 0.2) is 0 Å². The molecule has 0 aromatic rings. The van der Waals surface area contributed by atoms with E-state index in [9.17, 15) is 8.78 Å². The standard InChI is InChI=1S/C7H12F2O.C6H12O.2C2H6/c1-2-6-3-7(8,9)5-10-4-6;1-6-3-2-4-7-5-6;2*1-2/h6H,2-5H2,1H3;6H,2-5H2,1H3;2*1-2H3. The maximum Gasteiger partial charge on any atom is 0.271 e. The highest BCUT2D eigenvalue weighted by Crippen LogP contribution is 2.29. The lowest BCUT2D eigenvalue weighted by atomic mass is 9.97. The van der Waals surface area contributed by atoms with Gasteiger partial charge in [0.1, 0.15) is 6.61 Å². The molecule has 2 fully saturated rings. The molecule has 21 heavy (non-hydrogen) atoms. The van der Waals surface area contributed by atoms with Crippen LogP contribution >= 0.6 is 0 Å².